The van der Waals surface area contributed by atoms with Gasteiger partial charge in [0.2, 0.25) is 0 Å². The maximum Gasteiger partial charge on any atom is 0.137 e. The summed E-state index contributed by atoms with van der Waals surface area (Å²) >= 11 is 0. The van der Waals surface area contributed by atoms with Crippen LogP contribution in [0.1, 0.15) is 26.3 Å². The van der Waals surface area contributed by atoms with Crippen LogP contribution in [0.25, 0.3) is 27.6 Å². The molecule has 0 saturated heterocycles. The molecule has 36 heavy (non-hydrogen) atoms. The minimum Gasteiger partial charge on any atom is -0.457 e. The van der Waals surface area contributed by atoms with Gasteiger partial charge >= 0.3 is 0 Å². The molecule has 0 fully saturated rings. The number of fused-ring (bicyclic) bond motifs is 3. The zero-order valence-electron chi connectivity index (χ0n) is 21.1. The van der Waals surface area contributed by atoms with Crippen LogP contribution in [0.15, 0.2) is 97.5 Å². The van der Waals surface area contributed by atoms with E-state index in [4.69, 9.17) is 4.74 Å². The molecule has 5 aromatic rings. The van der Waals surface area contributed by atoms with Crippen LogP contribution in [-0.2, 0) is 5.41 Å². The molecule has 0 unspecified atom stereocenters. The molecule has 3 aromatic carbocycles. The highest BCUT2D eigenvalue weighted by atomic mass is 16.5. The number of nitrogens with zero attached hydrogens (tertiary/aromatic N) is 4. The molecule has 0 bridgehead atoms. The van der Waals surface area contributed by atoms with Gasteiger partial charge in [-0.15, -0.1) is 0 Å². The molecule has 5 heteroatoms. The molecule has 5 nitrogen and oxygen atoms in total. The third-order valence-electron chi connectivity index (χ3n) is 6.72. The third kappa shape index (κ3) is 3.97. The second-order valence-electron chi connectivity index (χ2n) is 10.5. The van der Waals surface area contributed by atoms with Crippen LogP contribution >= 0.6 is 0 Å². The van der Waals surface area contributed by atoms with Crippen molar-refractivity contribution < 1.29 is 4.74 Å². The van der Waals surface area contributed by atoms with E-state index in [1.54, 1.807) is 0 Å². The van der Waals surface area contributed by atoms with E-state index in [0.29, 0.717) is 0 Å². The first kappa shape index (κ1) is 22.2. The molecule has 0 radical (unpaired) electrons. The van der Waals surface area contributed by atoms with Crippen molar-refractivity contribution in [3.63, 3.8) is 0 Å². The van der Waals surface area contributed by atoms with Gasteiger partial charge in [0.25, 0.3) is 0 Å². The number of pyridine rings is 1. The van der Waals surface area contributed by atoms with Crippen LogP contribution in [0.4, 0.5) is 5.69 Å². The van der Waals surface area contributed by atoms with Crippen LogP contribution in [0.5, 0.6) is 11.5 Å². The van der Waals surface area contributed by atoms with Crippen LogP contribution in [0, 0.1) is 0 Å². The number of hydrogen-bond donors (Lipinski definition) is 0. The second-order valence-corrected chi connectivity index (χ2v) is 10.5. The van der Waals surface area contributed by atoms with Crippen molar-refractivity contribution in [2.75, 3.05) is 18.6 Å². The minimum atomic E-state index is -0.00117. The highest BCUT2D eigenvalue weighted by Crippen LogP contribution is 2.37. The fourth-order valence-corrected chi connectivity index (χ4v) is 4.82. The summed E-state index contributed by atoms with van der Waals surface area (Å²) in [5.74, 6) is 2.52. The average Bonchev–Trinajstić information content (AvgIpc) is 3.45. The number of hydrogen-bond acceptors (Lipinski definition) is 4. The second kappa shape index (κ2) is 8.45. The van der Waals surface area contributed by atoms with E-state index in [1.807, 2.05) is 24.4 Å². The van der Waals surface area contributed by atoms with E-state index in [2.05, 4.69) is 120 Å². The average molecular weight is 475 g/mol. The third-order valence-corrected chi connectivity index (χ3v) is 6.72. The first-order chi connectivity index (χ1) is 17.4. The number of anilines is 1. The summed E-state index contributed by atoms with van der Waals surface area (Å²) in [5.41, 5.74) is 4.57. The standard InChI is InChI=1S/C31H30N4O/c1-31(2,3)22-17-23(34-16-15-33(4)21-34)19-25(18-22)36-24-12-13-27-26-9-5-6-10-28(26)35(29(27)20-24)30-11-7-8-14-32-30/h5-20H,21H2,1-4H3. The minimum absolute atomic E-state index is 0.00117. The normalized spacial score (nSPS) is 13.8. The highest BCUT2D eigenvalue weighted by Gasteiger charge is 2.20. The summed E-state index contributed by atoms with van der Waals surface area (Å²) in [4.78, 5) is 9.04. The quantitative estimate of drug-likeness (QED) is 0.271. The van der Waals surface area contributed by atoms with Crippen molar-refractivity contribution >= 4 is 27.5 Å². The monoisotopic (exact) mass is 474 g/mol. The van der Waals surface area contributed by atoms with Gasteiger partial charge in [-0.05, 0) is 53.4 Å². The zero-order chi connectivity index (χ0) is 24.9. The largest absolute Gasteiger partial charge is 0.457 e. The fourth-order valence-electron chi connectivity index (χ4n) is 4.82. The first-order valence-corrected chi connectivity index (χ1v) is 12.3. The zero-order valence-corrected chi connectivity index (χ0v) is 21.1. The van der Waals surface area contributed by atoms with Crippen molar-refractivity contribution in [2.45, 2.75) is 26.2 Å². The summed E-state index contributed by atoms with van der Waals surface area (Å²) in [6, 6.07) is 27.3. The van der Waals surface area contributed by atoms with Crippen molar-refractivity contribution in [1.82, 2.24) is 14.5 Å². The number of rotatable bonds is 4. The molecular weight excluding hydrogens is 444 g/mol. The summed E-state index contributed by atoms with van der Waals surface area (Å²) < 4.78 is 8.75. The Balaban J connectivity index is 1.46. The fraction of sp³-hybridized carbons (Fsp3) is 0.194. The molecular formula is C31H30N4O. The smallest absolute Gasteiger partial charge is 0.137 e. The Morgan fingerprint density at radius 2 is 1.58 bits per heavy atom. The SMILES string of the molecule is CN1C=CN(c2cc(Oc3ccc4c5ccccc5n(-c5ccccn5)c4c3)cc(C(C)(C)C)c2)C1. The van der Waals surface area contributed by atoms with Crippen molar-refractivity contribution in [3.8, 4) is 17.3 Å². The Kier molecular flexibility index (Phi) is 5.22. The molecule has 0 aliphatic carbocycles. The van der Waals surface area contributed by atoms with Crippen LogP contribution in [0.2, 0.25) is 0 Å². The number of para-hydroxylation sites is 1. The predicted octanol–water partition coefficient (Wildman–Crippen LogP) is 7.45. The maximum absolute atomic E-state index is 6.54. The lowest BCUT2D eigenvalue weighted by Crippen LogP contribution is -2.22. The summed E-state index contributed by atoms with van der Waals surface area (Å²) in [7, 11) is 2.08. The Morgan fingerprint density at radius 1 is 0.778 bits per heavy atom. The molecule has 180 valence electrons. The van der Waals surface area contributed by atoms with E-state index in [-0.39, 0.29) is 5.41 Å². The van der Waals surface area contributed by atoms with E-state index in [1.165, 1.54) is 16.3 Å². The van der Waals surface area contributed by atoms with E-state index in [0.717, 1.165) is 40.7 Å². The lowest BCUT2D eigenvalue weighted by Gasteiger charge is -2.25. The molecule has 0 spiro atoms. The number of ether oxygens (including phenoxy) is 1. The Labute approximate surface area is 211 Å². The van der Waals surface area contributed by atoms with Gasteiger partial charge in [-0.25, -0.2) is 4.98 Å². The van der Waals surface area contributed by atoms with Crippen molar-refractivity contribution in [2.24, 2.45) is 0 Å². The summed E-state index contributed by atoms with van der Waals surface area (Å²) in [6.07, 6.45) is 6.04. The highest BCUT2D eigenvalue weighted by molar-refractivity contribution is 6.09. The van der Waals surface area contributed by atoms with Crippen molar-refractivity contribution in [3.05, 3.63) is 103 Å². The van der Waals surface area contributed by atoms with Gasteiger partial charge in [0.15, 0.2) is 0 Å². The Bertz CT molecular complexity index is 1590. The van der Waals surface area contributed by atoms with Gasteiger partial charge in [-0.3, -0.25) is 4.57 Å². The Morgan fingerprint density at radius 3 is 2.33 bits per heavy atom. The molecule has 6 rings (SSSR count). The molecule has 3 heterocycles. The van der Waals surface area contributed by atoms with Gasteiger partial charge < -0.3 is 14.5 Å². The molecule has 1 aliphatic heterocycles. The molecule has 0 atom stereocenters. The Hall–Kier alpha value is -4.25. The number of benzene rings is 3. The van der Waals surface area contributed by atoms with E-state index < -0.39 is 0 Å². The van der Waals surface area contributed by atoms with Crippen LogP contribution < -0.4 is 9.64 Å². The van der Waals surface area contributed by atoms with Gasteiger partial charge in [-0.2, -0.15) is 0 Å². The predicted molar refractivity (Wildman–Crippen MR) is 148 cm³/mol. The van der Waals surface area contributed by atoms with E-state index in [9.17, 15) is 0 Å². The number of aromatic nitrogens is 2. The molecule has 0 amide bonds. The van der Waals surface area contributed by atoms with Gasteiger partial charge in [0, 0.05) is 54.2 Å². The molecule has 0 saturated carbocycles. The topological polar surface area (TPSA) is 33.5 Å². The van der Waals surface area contributed by atoms with E-state index >= 15 is 0 Å². The first-order valence-electron chi connectivity index (χ1n) is 12.3. The molecule has 1 aliphatic rings. The van der Waals surface area contributed by atoms with Gasteiger partial charge in [0.1, 0.15) is 17.3 Å². The molecule has 2 aromatic heterocycles. The van der Waals surface area contributed by atoms with Crippen LogP contribution in [0.3, 0.4) is 0 Å². The summed E-state index contributed by atoms with van der Waals surface area (Å²) in [5, 5.41) is 2.38. The van der Waals surface area contributed by atoms with Crippen molar-refractivity contribution in [1.29, 1.82) is 0 Å². The van der Waals surface area contributed by atoms with Crippen LogP contribution in [-0.4, -0.2) is 28.2 Å². The van der Waals surface area contributed by atoms with Gasteiger partial charge in [0.05, 0.1) is 17.7 Å². The summed E-state index contributed by atoms with van der Waals surface area (Å²) in [6.45, 7) is 7.53. The maximum atomic E-state index is 6.54. The van der Waals surface area contributed by atoms with Gasteiger partial charge in [-0.1, -0.05) is 45.0 Å². The molecule has 0 N–H and O–H groups in total. The lowest BCUT2D eigenvalue weighted by atomic mass is 9.86. The lowest BCUT2D eigenvalue weighted by molar-refractivity contribution is 0.477.